The molecule has 21 heavy (non-hydrogen) atoms. The van der Waals surface area contributed by atoms with E-state index in [9.17, 15) is 4.79 Å². The quantitative estimate of drug-likeness (QED) is 0.872. The molecular formula is C14H15NO6. The van der Waals surface area contributed by atoms with Crippen molar-refractivity contribution in [3.63, 3.8) is 0 Å². The van der Waals surface area contributed by atoms with Crippen LogP contribution in [-0.4, -0.2) is 37.4 Å². The lowest BCUT2D eigenvalue weighted by atomic mass is 10.2. The number of nitrogens with zero attached hydrogens (tertiary/aromatic N) is 1. The molecule has 1 aromatic carbocycles. The smallest absolute Gasteiger partial charge is 0.373 e. The second-order valence-corrected chi connectivity index (χ2v) is 4.07. The fourth-order valence-electron chi connectivity index (χ4n) is 1.92. The highest BCUT2D eigenvalue weighted by Gasteiger charge is 2.23. The van der Waals surface area contributed by atoms with Gasteiger partial charge in [-0.25, -0.2) is 9.78 Å². The fourth-order valence-corrected chi connectivity index (χ4v) is 1.92. The molecule has 1 heterocycles. The molecule has 0 saturated heterocycles. The van der Waals surface area contributed by atoms with Crippen LogP contribution in [0.3, 0.4) is 0 Å². The summed E-state index contributed by atoms with van der Waals surface area (Å²) >= 11 is 0. The summed E-state index contributed by atoms with van der Waals surface area (Å²) in [4.78, 5) is 15.3. The lowest BCUT2D eigenvalue weighted by Gasteiger charge is -2.09. The van der Waals surface area contributed by atoms with E-state index in [4.69, 9.17) is 23.7 Å². The summed E-state index contributed by atoms with van der Waals surface area (Å²) in [6.45, 7) is 0.0391. The molecular weight excluding hydrogens is 278 g/mol. The van der Waals surface area contributed by atoms with E-state index in [1.54, 1.807) is 18.2 Å². The van der Waals surface area contributed by atoms with Gasteiger partial charge in [0.15, 0.2) is 11.5 Å². The maximum atomic E-state index is 11.2. The van der Waals surface area contributed by atoms with Crippen molar-refractivity contribution in [1.29, 1.82) is 0 Å². The maximum absolute atomic E-state index is 11.2. The van der Waals surface area contributed by atoms with Crippen molar-refractivity contribution in [1.82, 2.24) is 4.98 Å². The summed E-state index contributed by atoms with van der Waals surface area (Å²) in [5.74, 6) is -0.407. The number of carboxylic acids is 1. The fraction of sp³-hybridized carbons (Fsp3) is 0.286. The molecule has 0 aliphatic carbocycles. The minimum atomic E-state index is -1.21. The van der Waals surface area contributed by atoms with Crippen molar-refractivity contribution in [3.8, 4) is 23.0 Å². The predicted molar refractivity (Wildman–Crippen MR) is 72.7 cm³/mol. The highest BCUT2D eigenvalue weighted by atomic mass is 16.5. The van der Waals surface area contributed by atoms with E-state index in [2.05, 4.69) is 4.98 Å². The average molecular weight is 293 g/mol. The Kier molecular flexibility index (Phi) is 4.44. The SMILES string of the molecule is COCc1nc(-c2cccc(OC)c2OC)oc1C(=O)O. The second kappa shape index (κ2) is 6.27. The van der Waals surface area contributed by atoms with Gasteiger partial charge in [0.05, 0.1) is 26.4 Å². The van der Waals surface area contributed by atoms with Gasteiger partial charge >= 0.3 is 5.97 Å². The zero-order valence-corrected chi connectivity index (χ0v) is 11.9. The summed E-state index contributed by atoms with van der Waals surface area (Å²) < 4.78 is 20.7. The number of benzene rings is 1. The molecule has 2 rings (SSSR count). The summed E-state index contributed by atoms with van der Waals surface area (Å²) in [7, 11) is 4.45. The molecule has 1 aromatic heterocycles. The molecule has 0 fully saturated rings. The zero-order chi connectivity index (χ0) is 15.4. The van der Waals surface area contributed by atoms with E-state index in [0.717, 1.165) is 0 Å². The van der Waals surface area contributed by atoms with Crippen molar-refractivity contribution < 1.29 is 28.5 Å². The Morgan fingerprint density at radius 2 is 2.05 bits per heavy atom. The van der Waals surface area contributed by atoms with Crippen LogP contribution in [0.4, 0.5) is 0 Å². The Balaban J connectivity index is 2.57. The Morgan fingerprint density at radius 1 is 1.29 bits per heavy atom. The molecule has 0 saturated carbocycles. The van der Waals surface area contributed by atoms with Crippen LogP contribution in [-0.2, 0) is 11.3 Å². The Bertz CT molecular complexity index is 649. The second-order valence-electron chi connectivity index (χ2n) is 4.07. The molecule has 0 aliphatic heterocycles. The Morgan fingerprint density at radius 3 is 2.62 bits per heavy atom. The number of carboxylic acid groups (broad SMARTS) is 1. The van der Waals surface area contributed by atoms with Crippen molar-refractivity contribution in [2.45, 2.75) is 6.61 Å². The molecule has 0 spiro atoms. The number of methoxy groups -OCH3 is 3. The van der Waals surface area contributed by atoms with Gasteiger partial charge in [-0.05, 0) is 12.1 Å². The molecule has 7 heteroatoms. The first kappa shape index (κ1) is 14.9. The molecule has 7 nitrogen and oxygen atoms in total. The molecule has 0 unspecified atom stereocenters. The van der Waals surface area contributed by atoms with Crippen molar-refractivity contribution in [2.24, 2.45) is 0 Å². The van der Waals surface area contributed by atoms with Gasteiger partial charge in [-0.15, -0.1) is 0 Å². The largest absolute Gasteiger partial charge is 0.493 e. The number of hydrogen-bond donors (Lipinski definition) is 1. The third-order valence-corrected chi connectivity index (χ3v) is 2.81. The van der Waals surface area contributed by atoms with Crippen LogP contribution >= 0.6 is 0 Å². The summed E-state index contributed by atoms with van der Waals surface area (Å²) in [6.07, 6.45) is 0. The number of oxazole rings is 1. The van der Waals surface area contributed by atoms with Crippen LogP contribution < -0.4 is 9.47 Å². The van der Waals surface area contributed by atoms with Crippen LogP contribution in [0.1, 0.15) is 16.2 Å². The average Bonchev–Trinajstić information content (AvgIpc) is 2.90. The van der Waals surface area contributed by atoms with Crippen molar-refractivity contribution in [3.05, 3.63) is 29.7 Å². The number of rotatable bonds is 6. The van der Waals surface area contributed by atoms with Gasteiger partial charge in [0.2, 0.25) is 11.7 Å². The number of para-hydroxylation sites is 1. The highest BCUT2D eigenvalue weighted by Crippen LogP contribution is 2.38. The highest BCUT2D eigenvalue weighted by molar-refractivity contribution is 5.86. The summed E-state index contributed by atoms with van der Waals surface area (Å²) in [5, 5.41) is 9.13. The van der Waals surface area contributed by atoms with Crippen LogP contribution in [0.5, 0.6) is 11.5 Å². The third-order valence-electron chi connectivity index (χ3n) is 2.81. The first-order valence-electron chi connectivity index (χ1n) is 6.05. The number of hydrogen-bond acceptors (Lipinski definition) is 6. The van der Waals surface area contributed by atoms with E-state index in [1.165, 1.54) is 21.3 Å². The van der Waals surface area contributed by atoms with Crippen LogP contribution in [0, 0.1) is 0 Å². The first-order valence-corrected chi connectivity index (χ1v) is 6.05. The lowest BCUT2D eigenvalue weighted by molar-refractivity contribution is 0.0656. The van der Waals surface area contributed by atoms with Gasteiger partial charge in [-0.1, -0.05) is 6.07 Å². The molecule has 0 radical (unpaired) electrons. The van der Waals surface area contributed by atoms with Gasteiger partial charge < -0.3 is 23.7 Å². The topological polar surface area (TPSA) is 91.0 Å². The van der Waals surface area contributed by atoms with Gasteiger partial charge in [-0.3, -0.25) is 0 Å². The normalized spacial score (nSPS) is 10.4. The van der Waals surface area contributed by atoms with Gasteiger partial charge in [0, 0.05) is 7.11 Å². The van der Waals surface area contributed by atoms with Crippen LogP contribution in [0.25, 0.3) is 11.5 Å². The van der Waals surface area contributed by atoms with E-state index < -0.39 is 5.97 Å². The van der Waals surface area contributed by atoms with Crippen molar-refractivity contribution in [2.75, 3.05) is 21.3 Å². The summed E-state index contributed by atoms with van der Waals surface area (Å²) in [5.41, 5.74) is 0.714. The zero-order valence-electron chi connectivity index (χ0n) is 11.9. The Hall–Kier alpha value is -2.54. The number of aromatic nitrogens is 1. The van der Waals surface area contributed by atoms with Gasteiger partial charge in [-0.2, -0.15) is 0 Å². The first-order chi connectivity index (χ1) is 10.1. The minimum absolute atomic E-state index is 0.0391. The molecule has 0 bridgehead atoms. The number of aromatic carboxylic acids is 1. The van der Waals surface area contributed by atoms with Gasteiger partial charge in [0.1, 0.15) is 5.69 Å². The molecule has 112 valence electrons. The molecule has 0 amide bonds. The molecule has 1 N–H and O–H groups in total. The molecule has 0 atom stereocenters. The van der Waals surface area contributed by atoms with Gasteiger partial charge in [0.25, 0.3) is 0 Å². The number of carbonyl (C=O) groups is 1. The summed E-state index contributed by atoms with van der Waals surface area (Å²) in [6, 6.07) is 5.16. The van der Waals surface area contributed by atoms with E-state index in [-0.39, 0.29) is 24.0 Å². The molecule has 2 aromatic rings. The van der Waals surface area contributed by atoms with E-state index >= 15 is 0 Å². The number of ether oxygens (including phenoxy) is 3. The Labute approximate surface area is 121 Å². The van der Waals surface area contributed by atoms with Crippen molar-refractivity contribution >= 4 is 5.97 Å². The van der Waals surface area contributed by atoms with E-state index in [1.807, 2.05) is 0 Å². The standard InChI is InChI=1S/C14H15NO6/c1-18-7-9-12(14(16)17)21-13(15-9)8-5-4-6-10(19-2)11(8)20-3/h4-6H,7H2,1-3H3,(H,16,17). The minimum Gasteiger partial charge on any atom is -0.493 e. The maximum Gasteiger partial charge on any atom is 0.373 e. The van der Waals surface area contributed by atoms with Crippen LogP contribution in [0.15, 0.2) is 22.6 Å². The van der Waals surface area contributed by atoms with E-state index in [0.29, 0.717) is 17.1 Å². The van der Waals surface area contributed by atoms with Crippen LogP contribution in [0.2, 0.25) is 0 Å². The third kappa shape index (κ3) is 2.82. The lowest BCUT2D eigenvalue weighted by Crippen LogP contribution is -2.00. The predicted octanol–water partition coefficient (Wildman–Crippen LogP) is 2.20. The monoisotopic (exact) mass is 293 g/mol. The molecule has 0 aliphatic rings.